The van der Waals surface area contributed by atoms with Crippen LogP contribution in [0.5, 0.6) is 5.75 Å². The topological polar surface area (TPSA) is 79.6 Å². The Bertz CT molecular complexity index is 1270. The number of hydrogen-bond acceptors (Lipinski definition) is 6. The van der Waals surface area contributed by atoms with Gasteiger partial charge in [0.25, 0.3) is 5.91 Å². The number of carbonyl (C=O) groups is 1. The monoisotopic (exact) mass is 458 g/mol. The molecule has 7 nitrogen and oxygen atoms in total. The lowest BCUT2D eigenvalue weighted by atomic mass is 9.89. The summed E-state index contributed by atoms with van der Waals surface area (Å²) >= 11 is 0. The summed E-state index contributed by atoms with van der Waals surface area (Å²) < 4.78 is 53.1. The van der Waals surface area contributed by atoms with Crippen molar-refractivity contribution in [2.24, 2.45) is 0 Å². The number of carbonyl (C=O) groups excluding carboxylic acids is 1. The lowest BCUT2D eigenvalue weighted by molar-refractivity contribution is -0.161. The van der Waals surface area contributed by atoms with Crippen molar-refractivity contribution in [3.05, 3.63) is 65.2 Å². The van der Waals surface area contributed by atoms with Gasteiger partial charge in [-0.2, -0.15) is 13.2 Å². The van der Waals surface area contributed by atoms with E-state index in [-0.39, 0.29) is 11.5 Å². The predicted molar refractivity (Wildman–Crippen MR) is 114 cm³/mol. The second-order valence-corrected chi connectivity index (χ2v) is 8.18. The SMILES string of the molecule is COc1cc(C)cc2oc(C3=C(C)NC4C(c5ccccc5)C(C(F)(F)F)NN4C3=O)nc12. The van der Waals surface area contributed by atoms with Crippen molar-refractivity contribution in [2.45, 2.75) is 38.1 Å². The van der Waals surface area contributed by atoms with Crippen molar-refractivity contribution in [2.75, 3.05) is 7.11 Å². The molecule has 33 heavy (non-hydrogen) atoms. The van der Waals surface area contributed by atoms with Gasteiger partial charge in [0.15, 0.2) is 11.1 Å². The van der Waals surface area contributed by atoms with E-state index < -0.39 is 30.2 Å². The van der Waals surface area contributed by atoms with Gasteiger partial charge in [0.1, 0.15) is 23.5 Å². The van der Waals surface area contributed by atoms with E-state index in [2.05, 4.69) is 15.7 Å². The summed E-state index contributed by atoms with van der Waals surface area (Å²) in [6.45, 7) is 3.49. The zero-order valence-corrected chi connectivity index (χ0v) is 18.0. The van der Waals surface area contributed by atoms with E-state index >= 15 is 0 Å². The normalized spacial score (nSPS) is 23.2. The van der Waals surface area contributed by atoms with E-state index in [9.17, 15) is 18.0 Å². The highest BCUT2D eigenvalue weighted by atomic mass is 19.4. The molecule has 0 saturated carbocycles. The van der Waals surface area contributed by atoms with Crippen molar-refractivity contribution in [3.8, 4) is 5.75 Å². The molecule has 172 valence electrons. The Morgan fingerprint density at radius 1 is 1.15 bits per heavy atom. The second kappa shape index (κ2) is 7.51. The van der Waals surface area contributed by atoms with Gasteiger partial charge in [0, 0.05) is 5.70 Å². The van der Waals surface area contributed by atoms with Crippen molar-refractivity contribution in [1.82, 2.24) is 20.7 Å². The summed E-state index contributed by atoms with van der Waals surface area (Å²) in [7, 11) is 1.50. The van der Waals surface area contributed by atoms with Crippen LogP contribution in [0.25, 0.3) is 16.7 Å². The number of fused-ring (bicyclic) bond motifs is 2. The fraction of sp³-hybridized carbons (Fsp3) is 0.304. The third kappa shape index (κ3) is 3.41. The van der Waals surface area contributed by atoms with Crippen LogP contribution in [-0.2, 0) is 4.79 Å². The molecule has 1 amide bonds. The molecule has 0 bridgehead atoms. The summed E-state index contributed by atoms with van der Waals surface area (Å²) in [6.07, 6.45) is -5.51. The first-order valence-electron chi connectivity index (χ1n) is 10.3. The largest absolute Gasteiger partial charge is 0.494 e. The van der Waals surface area contributed by atoms with E-state index in [1.165, 1.54) is 7.11 Å². The fourth-order valence-electron chi connectivity index (χ4n) is 4.54. The minimum atomic E-state index is -4.57. The molecule has 1 aromatic heterocycles. The Morgan fingerprint density at radius 2 is 1.88 bits per heavy atom. The molecule has 2 N–H and O–H groups in total. The molecule has 0 radical (unpaired) electrons. The van der Waals surface area contributed by atoms with Gasteiger partial charge in [-0.1, -0.05) is 30.3 Å². The first-order valence-corrected chi connectivity index (χ1v) is 10.3. The number of aromatic nitrogens is 1. The van der Waals surface area contributed by atoms with Crippen LogP contribution in [0.1, 0.15) is 29.9 Å². The number of alkyl halides is 3. The summed E-state index contributed by atoms with van der Waals surface area (Å²) in [6, 6.07) is 9.95. The molecule has 2 aliphatic rings. The minimum absolute atomic E-state index is 0.0101. The Hall–Kier alpha value is -3.53. The predicted octanol–water partition coefficient (Wildman–Crippen LogP) is 3.87. The average molecular weight is 458 g/mol. The number of ether oxygens (including phenoxy) is 1. The highest BCUT2D eigenvalue weighted by Crippen LogP contribution is 2.42. The van der Waals surface area contributed by atoms with Crippen molar-refractivity contribution in [3.63, 3.8) is 0 Å². The van der Waals surface area contributed by atoms with Gasteiger partial charge >= 0.3 is 6.18 Å². The van der Waals surface area contributed by atoms with E-state index in [1.807, 2.05) is 6.92 Å². The van der Waals surface area contributed by atoms with Crippen LogP contribution < -0.4 is 15.5 Å². The molecule has 0 aliphatic carbocycles. The molecule has 3 heterocycles. The van der Waals surface area contributed by atoms with Crippen LogP contribution in [0.4, 0.5) is 13.2 Å². The van der Waals surface area contributed by atoms with E-state index in [0.29, 0.717) is 28.1 Å². The zero-order chi connectivity index (χ0) is 23.5. The van der Waals surface area contributed by atoms with Gasteiger partial charge in [0.2, 0.25) is 5.89 Å². The second-order valence-electron chi connectivity index (χ2n) is 8.18. The summed E-state index contributed by atoms with van der Waals surface area (Å²) in [5.74, 6) is -1.20. The van der Waals surface area contributed by atoms with E-state index in [4.69, 9.17) is 9.15 Å². The zero-order valence-electron chi connectivity index (χ0n) is 18.0. The van der Waals surface area contributed by atoms with E-state index in [1.54, 1.807) is 49.4 Å². The maximum Gasteiger partial charge on any atom is 0.406 e. The standard InChI is InChI=1S/C23H21F3N4O3/c1-11-9-14(32-3)18-15(10-11)33-21(28-18)16-12(2)27-20-17(13-7-5-4-6-8-13)19(23(24,25)26)29-30(20)22(16)31/h4-10,17,19-20,27,29H,1-3H3. The van der Waals surface area contributed by atoms with Crippen LogP contribution in [0.15, 0.2) is 52.6 Å². The number of halogens is 3. The van der Waals surface area contributed by atoms with Gasteiger partial charge in [-0.25, -0.2) is 15.4 Å². The maximum atomic E-state index is 14.0. The van der Waals surface area contributed by atoms with Gasteiger partial charge in [-0.15, -0.1) is 0 Å². The first kappa shape index (κ1) is 21.3. The van der Waals surface area contributed by atoms with Crippen LogP contribution >= 0.6 is 0 Å². The molecule has 2 aromatic carbocycles. The molecule has 2 aliphatic heterocycles. The van der Waals surface area contributed by atoms with Gasteiger partial charge in [-0.05, 0) is 37.1 Å². The highest BCUT2D eigenvalue weighted by molar-refractivity contribution is 6.20. The number of amides is 1. The first-order chi connectivity index (χ1) is 15.7. The smallest absolute Gasteiger partial charge is 0.406 e. The molecule has 10 heteroatoms. The Labute approximate surface area is 187 Å². The number of aryl methyl sites for hydroxylation is 1. The number of rotatable bonds is 3. The summed E-state index contributed by atoms with van der Waals surface area (Å²) in [5.41, 5.74) is 5.02. The third-order valence-corrected chi connectivity index (χ3v) is 6.00. The number of hydrazine groups is 1. The molecule has 1 saturated heterocycles. The molecule has 3 atom stereocenters. The number of allylic oxidation sites excluding steroid dienone is 1. The van der Waals surface area contributed by atoms with Gasteiger partial charge < -0.3 is 14.5 Å². The van der Waals surface area contributed by atoms with E-state index in [0.717, 1.165) is 10.6 Å². The number of methoxy groups -OCH3 is 1. The van der Waals surface area contributed by atoms with Crippen LogP contribution in [0.3, 0.4) is 0 Å². The Kier molecular flexibility index (Phi) is 4.86. The number of benzene rings is 2. The quantitative estimate of drug-likeness (QED) is 0.621. The lowest BCUT2D eigenvalue weighted by Gasteiger charge is -2.34. The van der Waals surface area contributed by atoms with Crippen molar-refractivity contribution >= 4 is 22.6 Å². The van der Waals surface area contributed by atoms with Crippen LogP contribution in [-0.4, -0.2) is 41.4 Å². The van der Waals surface area contributed by atoms with Gasteiger partial charge in [-0.3, -0.25) is 4.79 Å². The number of hydrogen-bond donors (Lipinski definition) is 2. The molecule has 1 fully saturated rings. The maximum absolute atomic E-state index is 14.0. The van der Waals surface area contributed by atoms with Crippen molar-refractivity contribution in [1.29, 1.82) is 0 Å². The number of nitrogens with one attached hydrogen (secondary N) is 2. The van der Waals surface area contributed by atoms with Crippen molar-refractivity contribution < 1.29 is 27.1 Å². The van der Waals surface area contributed by atoms with Gasteiger partial charge in [0.05, 0.1) is 13.0 Å². The summed E-state index contributed by atoms with van der Waals surface area (Å²) in [5, 5.41) is 4.08. The van der Waals surface area contributed by atoms with Crippen LogP contribution in [0, 0.1) is 6.92 Å². The molecule has 0 spiro atoms. The third-order valence-electron chi connectivity index (χ3n) is 6.00. The number of oxazole rings is 1. The fourth-order valence-corrected chi connectivity index (χ4v) is 4.54. The van der Waals surface area contributed by atoms with Crippen LogP contribution in [0.2, 0.25) is 0 Å². The highest BCUT2D eigenvalue weighted by Gasteiger charge is 2.58. The average Bonchev–Trinajstić information content (AvgIpc) is 3.35. The minimum Gasteiger partial charge on any atom is -0.494 e. The molecular formula is C23H21F3N4O3. The molecule has 3 unspecified atom stereocenters. The Morgan fingerprint density at radius 3 is 2.55 bits per heavy atom. The lowest BCUT2D eigenvalue weighted by Crippen LogP contribution is -2.54. The summed E-state index contributed by atoms with van der Waals surface area (Å²) in [4.78, 5) is 17.9. The molecule has 5 rings (SSSR count). The Balaban J connectivity index is 1.59. The molecular weight excluding hydrogens is 437 g/mol. The molecule has 3 aromatic rings. The number of nitrogens with zero attached hydrogens (tertiary/aromatic N) is 2.